The van der Waals surface area contributed by atoms with Gasteiger partial charge in [0.25, 0.3) is 0 Å². The SMILES string of the molecule is CC(=O)NCCc1ccc(F)cc1OCCOC1CN(C(=O)O)CCC1c1ccc(O[C@H]2CCN(c3ccccc3)C2)cc1. The summed E-state index contributed by atoms with van der Waals surface area (Å²) in [5.74, 6) is 0.666. The molecule has 2 amide bonds. The van der Waals surface area contributed by atoms with E-state index in [9.17, 15) is 19.1 Å². The summed E-state index contributed by atoms with van der Waals surface area (Å²) < 4.78 is 32.3. The van der Waals surface area contributed by atoms with E-state index in [1.807, 2.05) is 42.5 Å². The number of ether oxygens (including phenoxy) is 3. The van der Waals surface area contributed by atoms with E-state index in [1.54, 1.807) is 6.07 Å². The van der Waals surface area contributed by atoms with Gasteiger partial charge in [0, 0.05) is 50.7 Å². The van der Waals surface area contributed by atoms with Crippen molar-refractivity contribution >= 4 is 17.7 Å². The molecule has 0 bridgehead atoms. The molecule has 0 aliphatic carbocycles. The number of nitrogens with zero attached hydrogens (tertiary/aromatic N) is 2. The van der Waals surface area contributed by atoms with E-state index in [0.717, 1.165) is 36.4 Å². The lowest BCUT2D eigenvalue weighted by Crippen LogP contribution is -2.46. The van der Waals surface area contributed by atoms with Crippen molar-refractivity contribution in [2.75, 3.05) is 50.8 Å². The molecule has 10 heteroatoms. The van der Waals surface area contributed by atoms with Gasteiger partial charge in [-0.05, 0) is 54.3 Å². The molecule has 0 saturated carbocycles. The number of piperidine rings is 1. The average molecular weight is 606 g/mol. The van der Waals surface area contributed by atoms with Crippen molar-refractivity contribution in [1.29, 1.82) is 0 Å². The molecule has 2 unspecified atom stereocenters. The van der Waals surface area contributed by atoms with E-state index in [4.69, 9.17) is 14.2 Å². The van der Waals surface area contributed by atoms with Crippen LogP contribution in [0.5, 0.6) is 11.5 Å². The topological polar surface area (TPSA) is 101 Å². The first-order valence-electron chi connectivity index (χ1n) is 15.2. The molecule has 0 aromatic heterocycles. The minimum absolute atomic E-state index is 0.00193. The van der Waals surface area contributed by atoms with E-state index >= 15 is 0 Å². The number of likely N-dealkylation sites (tertiary alicyclic amines) is 1. The number of carbonyl (C=O) groups excluding carboxylic acids is 1. The van der Waals surface area contributed by atoms with Crippen molar-refractivity contribution in [2.45, 2.75) is 44.3 Å². The van der Waals surface area contributed by atoms with Crippen LogP contribution in [0, 0.1) is 5.82 Å². The quantitative estimate of drug-likeness (QED) is 0.277. The van der Waals surface area contributed by atoms with Gasteiger partial charge in [-0.3, -0.25) is 4.79 Å². The smallest absolute Gasteiger partial charge is 0.407 e. The lowest BCUT2D eigenvalue weighted by atomic mass is 9.87. The van der Waals surface area contributed by atoms with Gasteiger partial charge in [0.1, 0.15) is 30.0 Å². The van der Waals surface area contributed by atoms with Crippen LogP contribution < -0.4 is 19.7 Å². The fourth-order valence-electron chi connectivity index (χ4n) is 5.92. The maximum absolute atomic E-state index is 13.9. The first-order valence-corrected chi connectivity index (χ1v) is 15.2. The largest absolute Gasteiger partial charge is 0.491 e. The number of carbonyl (C=O) groups is 2. The standard InChI is InChI=1S/C34H40FN3O6/c1-24(39)36-16-13-26-7-10-27(35)21-32(26)42-19-20-43-33-23-38(34(40)41)18-15-31(33)25-8-11-29(12-9-25)44-30-14-17-37(22-30)28-5-3-2-4-6-28/h2-12,21,30-31,33H,13-20,22-23H2,1H3,(H,36,39)(H,40,41)/t30-,31?,33?/m0/s1. The van der Waals surface area contributed by atoms with Gasteiger partial charge in [-0.25, -0.2) is 9.18 Å². The number of amides is 2. The maximum atomic E-state index is 13.9. The first kappa shape index (κ1) is 31.1. The van der Waals surface area contributed by atoms with Crippen molar-refractivity contribution in [1.82, 2.24) is 10.2 Å². The van der Waals surface area contributed by atoms with Crippen LogP contribution in [0.25, 0.3) is 0 Å². The fourth-order valence-corrected chi connectivity index (χ4v) is 5.92. The molecule has 2 N–H and O–H groups in total. The Balaban J connectivity index is 1.16. The molecular formula is C34H40FN3O6. The van der Waals surface area contributed by atoms with Crippen molar-refractivity contribution < 1.29 is 33.3 Å². The van der Waals surface area contributed by atoms with E-state index in [2.05, 4.69) is 22.3 Å². The molecule has 9 nitrogen and oxygen atoms in total. The number of nitrogens with one attached hydrogen (secondary N) is 1. The van der Waals surface area contributed by atoms with Gasteiger partial charge >= 0.3 is 6.09 Å². The minimum atomic E-state index is -0.971. The van der Waals surface area contributed by atoms with E-state index in [0.29, 0.717) is 31.7 Å². The summed E-state index contributed by atoms with van der Waals surface area (Å²) in [4.78, 5) is 26.7. The van der Waals surface area contributed by atoms with Gasteiger partial charge in [-0.2, -0.15) is 0 Å². The zero-order chi connectivity index (χ0) is 30.9. The summed E-state index contributed by atoms with van der Waals surface area (Å²) in [7, 11) is 0. The lowest BCUT2D eigenvalue weighted by molar-refractivity contribution is -0.118. The fraction of sp³-hybridized carbons (Fsp3) is 0.412. The second kappa shape index (κ2) is 14.9. The molecule has 2 aliphatic heterocycles. The Morgan fingerprint density at radius 3 is 2.52 bits per heavy atom. The zero-order valence-electron chi connectivity index (χ0n) is 25.0. The van der Waals surface area contributed by atoms with Gasteiger partial charge < -0.3 is 34.4 Å². The molecule has 2 fully saturated rings. The predicted molar refractivity (Wildman–Crippen MR) is 165 cm³/mol. The second-order valence-corrected chi connectivity index (χ2v) is 11.2. The van der Waals surface area contributed by atoms with Crippen LogP contribution in [-0.4, -0.2) is 80.2 Å². The van der Waals surface area contributed by atoms with Crippen LogP contribution in [-0.2, 0) is 16.0 Å². The molecule has 0 spiro atoms. The highest BCUT2D eigenvalue weighted by atomic mass is 19.1. The zero-order valence-corrected chi connectivity index (χ0v) is 25.0. The number of anilines is 1. The average Bonchev–Trinajstić information content (AvgIpc) is 3.49. The molecule has 234 valence electrons. The summed E-state index contributed by atoms with van der Waals surface area (Å²) >= 11 is 0. The molecule has 2 aliphatic rings. The molecule has 5 rings (SSSR count). The number of halogens is 1. The normalized spacial score (nSPS) is 19.9. The van der Waals surface area contributed by atoms with Crippen molar-refractivity contribution in [3.05, 3.63) is 89.7 Å². The predicted octanol–water partition coefficient (Wildman–Crippen LogP) is 5.09. The highest BCUT2D eigenvalue weighted by Crippen LogP contribution is 2.32. The van der Waals surface area contributed by atoms with Gasteiger partial charge in [-0.15, -0.1) is 0 Å². The molecular weight excluding hydrogens is 565 g/mol. The van der Waals surface area contributed by atoms with Crippen LogP contribution in [0.2, 0.25) is 0 Å². The molecule has 3 aromatic carbocycles. The Kier molecular flexibility index (Phi) is 10.6. The highest BCUT2D eigenvalue weighted by molar-refractivity contribution is 5.72. The highest BCUT2D eigenvalue weighted by Gasteiger charge is 2.33. The third kappa shape index (κ3) is 8.41. The Hall–Kier alpha value is -4.31. The molecule has 44 heavy (non-hydrogen) atoms. The summed E-state index contributed by atoms with van der Waals surface area (Å²) in [5, 5.41) is 12.4. The maximum Gasteiger partial charge on any atom is 0.407 e. The number of carboxylic acid groups (broad SMARTS) is 1. The lowest BCUT2D eigenvalue weighted by Gasteiger charge is -2.37. The van der Waals surface area contributed by atoms with E-state index in [1.165, 1.54) is 29.6 Å². The van der Waals surface area contributed by atoms with Crippen LogP contribution in [0.1, 0.15) is 36.8 Å². The molecule has 2 saturated heterocycles. The molecule has 2 heterocycles. The van der Waals surface area contributed by atoms with E-state index < -0.39 is 11.9 Å². The monoisotopic (exact) mass is 605 g/mol. The Bertz CT molecular complexity index is 1390. The van der Waals surface area contributed by atoms with Crippen molar-refractivity contribution in [2.24, 2.45) is 0 Å². The molecule has 0 radical (unpaired) electrons. The Labute approximate surface area is 257 Å². The van der Waals surface area contributed by atoms with Crippen LogP contribution in [0.3, 0.4) is 0 Å². The van der Waals surface area contributed by atoms with Crippen LogP contribution in [0.15, 0.2) is 72.8 Å². The number of hydrogen-bond donors (Lipinski definition) is 2. The van der Waals surface area contributed by atoms with Crippen LogP contribution >= 0.6 is 0 Å². The van der Waals surface area contributed by atoms with Crippen molar-refractivity contribution in [3.8, 4) is 11.5 Å². The Morgan fingerprint density at radius 2 is 1.77 bits per heavy atom. The van der Waals surface area contributed by atoms with Crippen molar-refractivity contribution in [3.63, 3.8) is 0 Å². The summed E-state index contributed by atoms with van der Waals surface area (Å²) in [6.07, 6.45) is 0.858. The minimum Gasteiger partial charge on any atom is -0.491 e. The molecule has 3 atom stereocenters. The summed E-state index contributed by atoms with van der Waals surface area (Å²) in [6.45, 7) is 4.70. The van der Waals surface area contributed by atoms with Gasteiger partial charge in [0.15, 0.2) is 0 Å². The van der Waals surface area contributed by atoms with Crippen LogP contribution in [0.4, 0.5) is 14.9 Å². The van der Waals surface area contributed by atoms with Gasteiger partial charge in [0.05, 0.1) is 25.8 Å². The van der Waals surface area contributed by atoms with Gasteiger partial charge in [0.2, 0.25) is 5.91 Å². The Morgan fingerprint density at radius 1 is 0.977 bits per heavy atom. The number of hydrogen-bond acceptors (Lipinski definition) is 6. The number of benzene rings is 3. The molecule has 3 aromatic rings. The third-order valence-electron chi connectivity index (χ3n) is 8.18. The first-order chi connectivity index (χ1) is 21.4. The van der Waals surface area contributed by atoms with Gasteiger partial charge in [-0.1, -0.05) is 36.4 Å². The second-order valence-electron chi connectivity index (χ2n) is 11.2. The third-order valence-corrected chi connectivity index (χ3v) is 8.18. The number of para-hydroxylation sites is 1. The summed E-state index contributed by atoms with van der Waals surface area (Å²) in [6, 6.07) is 22.7. The number of rotatable bonds is 12. The summed E-state index contributed by atoms with van der Waals surface area (Å²) in [5.41, 5.74) is 3.05. The van der Waals surface area contributed by atoms with E-state index in [-0.39, 0.29) is 43.8 Å².